The van der Waals surface area contributed by atoms with Crippen molar-refractivity contribution in [2.75, 3.05) is 21.3 Å². The average molecular weight is 450 g/mol. The fourth-order valence-electron chi connectivity index (χ4n) is 4.96. The van der Waals surface area contributed by atoms with E-state index in [1.165, 1.54) is 0 Å². The van der Waals surface area contributed by atoms with Gasteiger partial charge < -0.3 is 18.9 Å². The number of pyridine rings is 1. The summed E-state index contributed by atoms with van der Waals surface area (Å²) in [4.78, 5) is 5.11. The molecule has 34 heavy (non-hydrogen) atoms. The molecule has 0 unspecified atom stereocenters. The molecule has 0 spiro atoms. The molecule has 1 aromatic heterocycles. The van der Waals surface area contributed by atoms with Gasteiger partial charge in [-0.3, -0.25) is 0 Å². The van der Waals surface area contributed by atoms with Crippen molar-refractivity contribution in [3.63, 3.8) is 0 Å². The van der Waals surface area contributed by atoms with E-state index in [-0.39, 0.29) is 0 Å². The third kappa shape index (κ3) is 2.90. The SMILES string of the molecule is COc1cc2nc(-c3ccccc3)c3c(c2c(OC)c1OC)-c1c(ccc2ccccc12)OC3. The predicted molar refractivity (Wildman–Crippen MR) is 134 cm³/mol. The van der Waals surface area contributed by atoms with Crippen LogP contribution in [-0.2, 0) is 6.61 Å². The first-order valence-electron chi connectivity index (χ1n) is 11.1. The van der Waals surface area contributed by atoms with E-state index in [1.807, 2.05) is 36.4 Å². The summed E-state index contributed by atoms with van der Waals surface area (Å²) in [6, 6.07) is 24.6. The summed E-state index contributed by atoms with van der Waals surface area (Å²) in [6.07, 6.45) is 0. The summed E-state index contributed by atoms with van der Waals surface area (Å²) >= 11 is 0. The second-order valence-corrected chi connectivity index (χ2v) is 8.17. The van der Waals surface area contributed by atoms with Crippen molar-refractivity contribution < 1.29 is 18.9 Å². The summed E-state index contributed by atoms with van der Waals surface area (Å²) in [5.41, 5.74) is 5.80. The number of rotatable bonds is 4. The van der Waals surface area contributed by atoms with Gasteiger partial charge in [0.05, 0.1) is 37.9 Å². The topological polar surface area (TPSA) is 49.8 Å². The largest absolute Gasteiger partial charge is 0.493 e. The number of benzene rings is 4. The Bertz CT molecular complexity index is 1560. The lowest BCUT2D eigenvalue weighted by Gasteiger charge is -2.27. The molecule has 0 aliphatic carbocycles. The van der Waals surface area contributed by atoms with E-state index in [1.54, 1.807) is 21.3 Å². The number of hydrogen-bond donors (Lipinski definition) is 0. The van der Waals surface area contributed by atoms with Gasteiger partial charge in [0.1, 0.15) is 12.4 Å². The number of hydrogen-bond acceptors (Lipinski definition) is 5. The summed E-state index contributed by atoms with van der Waals surface area (Å²) in [5, 5.41) is 3.14. The molecule has 0 amide bonds. The van der Waals surface area contributed by atoms with Crippen LogP contribution in [0.4, 0.5) is 0 Å². The normalized spacial score (nSPS) is 12.1. The molecule has 0 N–H and O–H groups in total. The van der Waals surface area contributed by atoms with Crippen molar-refractivity contribution in [2.45, 2.75) is 6.61 Å². The summed E-state index contributed by atoms with van der Waals surface area (Å²) in [6.45, 7) is 0.408. The first-order chi connectivity index (χ1) is 16.7. The van der Waals surface area contributed by atoms with E-state index < -0.39 is 0 Å². The van der Waals surface area contributed by atoms with Gasteiger partial charge >= 0.3 is 0 Å². The van der Waals surface area contributed by atoms with E-state index in [4.69, 9.17) is 23.9 Å². The molecular formula is C29H23NO4. The van der Waals surface area contributed by atoms with Gasteiger partial charge in [-0.15, -0.1) is 0 Å². The van der Waals surface area contributed by atoms with Crippen molar-refractivity contribution in [3.05, 3.63) is 78.4 Å². The molecule has 1 aliphatic rings. The first-order valence-corrected chi connectivity index (χ1v) is 11.1. The van der Waals surface area contributed by atoms with Gasteiger partial charge in [0.2, 0.25) is 5.75 Å². The molecule has 0 bridgehead atoms. The van der Waals surface area contributed by atoms with Crippen LogP contribution in [0.5, 0.6) is 23.0 Å². The van der Waals surface area contributed by atoms with Gasteiger partial charge in [0.15, 0.2) is 11.5 Å². The molecule has 6 rings (SSSR count). The molecule has 4 aromatic carbocycles. The fraction of sp³-hybridized carbons (Fsp3) is 0.138. The summed E-state index contributed by atoms with van der Waals surface area (Å²) in [5.74, 6) is 2.56. The predicted octanol–water partition coefficient (Wildman–Crippen LogP) is 6.64. The molecule has 0 saturated carbocycles. The van der Waals surface area contributed by atoms with E-state index in [2.05, 4.69) is 36.4 Å². The van der Waals surface area contributed by atoms with Crippen molar-refractivity contribution in [3.8, 4) is 45.4 Å². The van der Waals surface area contributed by atoms with E-state index in [0.717, 1.165) is 55.4 Å². The molecule has 5 nitrogen and oxygen atoms in total. The molecule has 5 aromatic rings. The highest BCUT2D eigenvalue weighted by molar-refractivity contribution is 6.12. The van der Waals surface area contributed by atoms with Crippen molar-refractivity contribution in [1.29, 1.82) is 0 Å². The zero-order valence-corrected chi connectivity index (χ0v) is 19.2. The molecule has 0 saturated heterocycles. The smallest absolute Gasteiger partial charge is 0.204 e. The van der Waals surface area contributed by atoms with Crippen molar-refractivity contribution in [2.24, 2.45) is 0 Å². The molecule has 1 aliphatic heterocycles. The molecule has 0 fully saturated rings. The molecule has 0 atom stereocenters. The Morgan fingerprint density at radius 1 is 0.765 bits per heavy atom. The lowest BCUT2D eigenvalue weighted by Crippen LogP contribution is -2.11. The van der Waals surface area contributed by atoms with E-state index >= 15 is 0 Å². The lowest BCUT2D eigenvalue weighted by molar-refractivity contribution is 0.303. The second kappa shape index (κ2) is 7.96. The van der Waals surface area contributed by atoms with Crippen LogP contribution in [0.15, 0.2) is 72.8 Å². The molecule has 5 heteroatoms. The Labute approximate surface area is 197 Å². The van der Waals surface area contributed by atoms with Gasteiger partial charge in [-0.2, -0.15) is 0 Å². The van der Waals surface area contributed by atoms with Gasteiger partial charge in [-0.25, -0.2) is 4.98 Å². The highest BCUT2D eigenvalue weighted by Gasteiger charge is 2.30. The standard InChI is InChI=1S/C29H23NO4/c1-31-23-15-21-26(29(33-3)28(23)32-2)25-20(27(30-21)18-10-5-4-6-11-18)16-34-22-14-13-17-9-7-8-12-19(17)24(22)25/h4-15H,16H2,1-3H3. The monoisotopic (exact) mass is 449 g/mol. The van der Waals surface area contributed by atoms with Crippen LogP contribution in [0.25, 0.3) is 44.1 Å². The molecule has 0 radical (unpaired) electrons. The minimum Gasteiger partial charge on any atom is -0.493 e. The van der Waals surface area contributed by atoms with Gasteiger partial charge in [-0.05, 0) is 16.8 Å². The summed E-state index contributed by atoms with van der Waals surface area (Å²) in [7, 11) is 4.89. The molecule has 2 heterocycles. The maximum Gasteiger partial charge on any atom is 0.204 e. The van der Waals surface area contributed by atoms with E-state index in [0.29, 0.717) is 23.9 Å². The van der Waals surface area contributed by atoms with Crippen LogP contribution in [0.1, 0.15) is 5.56 Å². The first kappa shape index (κ1) is 20.4. The third-order valence-corrected chi connectivity index (χ3v) is 6.44. The van der Waals surface area contributed by atoms with Crippen LogP contribution in [0.2, 0.25) is 0 Å². The fourth-order valence-corrected chi connectivity index (χ4v) is 4.96. The number of fused-ring (bicyclic) bond motifs is 7. The van der Waals surface area contributed by atoms with Gasteiger partial charge in [-0.1, -0.05) is 60.7 Å². The Morgan fingerprint density at radius 3 is 2.29 bits per heavy atom. The number of methoxy groups -OCH3 is 3. The van der Waals surface area contributed by atoms with Crippen LogP contribution in [0, 0.1) is 0 Å². The zero-order valence-electron chi connectivity index (χ0n) is 19.2. The summed E-state index contributed by atoms with van der Waals surface area (Å²) < 4.78 is 23.6. The lowest BCUT2D eigenvalue weighted by atomic mass is 9.87. The minimum absolute atomic E-state index is 0.408. The Kier molecular flexibility index (Phi) is 4.77. The highest BCUT2D eigenvalue weighted by Crippen LogP contribution is 2.53. The number of ether oxygens (including phenoxy) is 4. The third-order valence-electron chi connectivity index (χ3n) is 6.44. The van der Waals surface area contributed by atoms with Crippen LogP contribution >= 0.6 is 0 Å². The molecular weight excluding hydrogens is 426 g/mol. The maximum absolute atomic E-state index is 6.31. The quantitative estimate of drug-likeness (QED) is 0.308. The second-order valence-electron chi connectivity index (χ2n) is 8.17. The minimum atomic E-state index is 0.408. The average Bonchev–Trinajstić information content (AvgIpc) is 2.91. The zero-order chi connectivity index (χ0) is 23.2. The Morgan fingerprint density at radius 2 is 1.53 bits per heavy atom. The van der Waals surface area contributed by atoms with E-state index in [9.17, 15) is 0 Å². The number of aromatic nitrogens is 1. The highest BCUT2D eigenvalue weighted by atomic mass is 16.5. The van der Waals surface area contributed by atoms with Gasteiger partial charge in [0.25, 0.3) is 0 Å². The maximum atomic E-state index is 6.31. The van der Waals surface area contributed by atoms with Gasteiger partial charge in [0, 0.05) is 28.3 Å². The Balaban J connectivity index is 1.85. The number of nitrogens with zero attached hydrogens (tertiary/aromatic N) is 1. The van der Waals surface area contributed by atoms with Crippen LogP contribution in [0.3, 0.4) is 0 Å². The van der Waals surface area contributed by atoms with Crippen LogP contribution in [-0.4, -0.2) is 26.3 Å². The molecule has 168 valence electrons. The van der Waals surface area contributed by atoms with Crippen molar-refractivity contribution in [1.82, 2.24) is 4.98 Å². The Hall–Kier alpha value is -4.25. The van der Waals surface area contributed by atoms with Crippen LogP contribution < -0.4 is 18.9 Å². The van der Waals surface area contributed by atoms with Crippen molar-refractivity contribution >= 4 is 21.7 Å².